The van der Waals surface area contributed by atoms with Gasteiger partial charge < -0.3 is 10.2 Å². The Morgan fingerprint density at radius 1 is 1.44 bits per heavy atom. The van der Waals surface area contributed by atoms with Crippen molar-refractivity contribution < 1.29 is 4.79 Å². The molecule has 0 saturated heterocycles. The van der Waals surface area contributed by atoms with Gasteiger partial charge in [-0.25, -0.2) is 0 Å². The van der Waals surface area contributed by atoms with Crippen molar-refractivity contribution in [2.75, 3.05) is 20.6 Å². The van der Waals surface area contributed by atoms with Crippen LogP contribution in [-0.4, -0.2) is 31.4 Å². The number of benzene rings is 1. The summed E-state index contributed by atoms with van der Waals surface area (Å²) < 4.78 is 0. The molecule has 1 heterocycles. The molecule has 16 heavy (non-hydrogen) atoms. The van der Waals surface area contributed by atoms with E-state index in [9.17, 15) is 4.79 Å². The number of hydrogen-bond donors (Lipinski definition) is 1. The number of nitrogens with zero attached hydrogens (tertiary/aromatic N) is 1. The van der Waals surface area contributed by atoms with Gasteiger partial charge in [-0.3, -0.25) is 4.79 Å². The first kappa shape index (κ1) is 11.1. The quantitative estimate of drug-likeness (QED) is 0.775. The molecule has 3 nitrogen and oxygen atoms in total. The first-order valence-corrected chi connectivity index (χ1v) is 5.74. The molecule has 0 saturated carbocycles. The van der Waals surface area contributed by atoms with Crippen molar-refractivity contribution in [3.05, 3.63) is 34.9 Å². The molecule has 0 radical (unpaired) electrons. The lowest BCUT2D eigenvalue weighted by molar-refractivity contribution is 0.0816. The molecular formula is C13H18N2O. The van der Waals surface area contributed by atoms with Crippen LogP contribution in [0.25, 0.3) is 0 Å². The molecule has 0 atom stereocenters. The van der Waals surface area contributed by atoms with E-state index in [2.05, 4.69) is 17.4 Å². The van der Waals surface area contributed by atoms with Crippen molar-refractivity contribution >= 4 is 5.91 Å². The van der Waals surface area contributed by atoms with E-state index in [0.717, 1.165) is 31.5 Å². The lowest BCUT2D eigenvalue weighted by atomic mass is 10.0. The molecule has 1 aliphatic rings. The second kappa shape index (κ2) is 4.66. The molecule has 1 aliphatic heterocycles. The first-order chi connectivity index (χ1) is 7.72. The largest absolute Gasteiger partial charge is 0.337 e. The van der Waals surface area contributed by atoms with Gasteiger partial charge in [-0.05, 0) is 43.6 Å². The van der Waals surface area contributed by atoms with Gasteiger partial charge in [0.25, 0.3) is 5.91 Å². The van der Waals surface area contributed by atoms with E-state index >= 15 is 0 Å². The Labute approximate surface area is 96.5 Å². The Morgan fingerprint density at radius 3 is 3.00 bits per heavy atom. The minimum atomic E-state index is 0.150. The van der Waals surface area contributed by atoms with Crippen LogP contribution < -0.4 is 5.32 Å². The average molecular weight is 218 g/mol. The molecule has 1 aromatic rings. The summed E-state index contributed by atoms with van der Waals surface area (Å²) in [6.07, 6.45) is 2.21. The summed E-state index contributed by atoms with van der Waals surface area (Å²) in [5.74, 6) is 0.150. The van der Waals surface area contributed by atoms with Crippen molar-refractivity contribution in [2.24, 2.45) is 0 Å². The summed E-state index contributed by atoms with van der Waals surface area (Å²) in [4.78, 5) is 13.5. The second-order valence-electron chi connectivity index (χ2n) is 4.36. The zero-order valence-corrected chi connectivity index (χ0v) is 9.92. The van der Waals surface area contributed by atoms with Gasteiger partial charge in [0.1, 0.15) is 0 Å². The molecule has 3 heteroatoms. The van der Waals surface area contributed by atoms with Gasteiger partial charge in [-0.1, -0.05) is 12.1 Å². The molecule has 1 aromatic carbocycles. The van der Waals surface area contributed by atoms with E-state index in [4.69, 9.17) is 0 Å². The maximum Gasteiger partial charge on any atom is 0.254 e. The third-order valence-electron chi connectivity index (χ3n) is 3.05. The Hall–Kier alpha value is -1.35. The number of fused-ring (bicyclic) bond motifs is 1. The summed E-state index contributed by atoms with van der Waals surface area (Å²) in [7, 11) is 3.82. The molecule has 0 unspecified atom stereocenters. The highest BCUT2D eigenvalue weighted by atomic mass is 16.2. The highest BCUT2D eigenvalue weighted by Gasteiger charge is 2.23. The van der Waals surface area contributed by atoms with Crippen LogP contribution in [0.15, 0.2) is 18.2 Å². The second-order valence-corrected chi connectivity index (χ2v) is 4.36. The topological polar surface area (TPSA) is 32.3 Å². The van der Waals surface area contributed by atoms with Gasteiger partial charge in [-0.2, -0.15) is 0 Å². The van der Waals surface area contributed by atoms with Gasteiger partial charge in [0.05, 0.1) is 0 Å². The lowest BCUT2D eigenvalue weighted by Gasteiger charge is -2.04. The molecule has 0 aromatic heterocycles. The summed E-state index contributed by atoms with van der Waals surface area (Å²) in [6.45, 7) is 1.80. The maximum absolute atomic E-state index is 11.7. The van der Waals surface area contributed by atoms with Gasteiger partial charge >= 0.3 is 0 Å². The van der Waals surface area contributed by atoms with Crippen molar-refractivity contribution in [3.8, 4) is 0 Å². The minimum Gasteiger partial charge on any atom is -0.337 e. The molecule has 1 N–H and O–H groups in total. The van der Waals surface area contributed by atoms with E-state index in [1.54, 1.807) is 4.90 Å². The Morgan fingerprint density at radius 2 is 2.25 bits per heavy atom. The number of rotatable bonds is 4. The SMILES string of the molecule is CNCCCc1ccc2c(c1)CN(C)C2=O. The van der Waals surface area contributed by atoms with E-state index in [0.29, 0.717) is 0 Å². The number of amides is 1. The zero-order valence-electron chi connectivity index (χ0n) is 9.92. The van der Waals surface area contributed by atoms with Crippen LogP contribution in [0.2, 0.25) is 0 Å². The molecule has 2 rings (SSSR count). The lowest BCUT2D eigenvalue weighted by Crippen LogP contribution is -2.17. The summed E-state index contributed by atoms with van der Waals surface area (Å²) in [5.41, 5.74) is 3.38. The van der Waals surface area contributed by atoms with Crippen LogP contribution in [0, 0.1) is 0 Å². The molecule has 0 bridgehead atoms. The number of carbonyl (C=O) groups excluding carboxylic acids is 1. The molecule has 86 valence electrons. The summed E-state index contributed by atoms with van der Waals surface area (Å²) in [5, 5.41) is 3.14. The highest BCUT2D eigenvalue weighted by molar-refractivity contribution is 5.98. The summed E-state index contributed by atoms with van der Waals surface area (Å²) >= 11 is 0. The van der Waals surface area contributed by atoms with E-state index in [1.807, 2.05) is 20.2 Å². The summed E-state index contributed by atoms with van der Waals surface area (Å²) in [6, 6.07) is 6.22. The number of aryl methyl sites for hydroxylation is 1. The van der Waals surface area contributed by atoms with Crippen molar-refractivity contribution in [2.45, 2.75) is 19.4 Å². The fourth-order valence-electron chi connectivity index (χ4n) is 2.14. The van der Waals surface area contributed by atoms with Crippen molar-refractivity contribution in [1.29, 1.82) is 0 Å². The molecular weight excluding hydrogens is 200 g/mol. The van der Waals surface area contributed by atoms with Crippen LogP contribution in [0.1, 0.15) is 27.9 Å². The molecule has 1 amide bonds. The number of carbonyl (C=O) groups is 1. The predicted octanol–water partition coefficient (Wildman–Crippen LogP) is 1.42. The zero-order chi connectivity index (χ0) is 11.5. The van der Waals surface area contributed by atoms with Crippen LogP contribution in [0.4, 0.5) is 0 Å². The van der Waals surface area contributed by atoms with Gasteiger partial charge in [0.2, 0.25) is 0 Å². The Kier molecular flexibility index (Phi) is 3.25. The smallest absolute Gasteiger partial charge is 0.254 e. The Bertz CT molecular complexity index is 401. The van der Waals surface area contributed by atoms with E-state index < -0.39 is 0 Å². The average Bonchev–Trinajstić information content (AvgIpc) is 2.55. The van der Waals surface area contributed by atoms with Gasteiger partial charge in [0.15, 0.2) is 0 Å². The van der Waals surface area contributed by atoms with Gasteiger partial charge in [-0.15, -0.1) is 0 Å². The first-order valence-electron chi connectivity index (χ1n) is 5.74. The Balaban J connectivity index is 2.10. The third kappa shape index (κ3) is 2.09. The minimum absolute atomic E-state index is 0.150. The molecule has 0 spiro atoms. The van der Waals surface area contributed by atoms with Gasteiger partial charge in [0, 0.05) is 19.2 Å². The fourth-order valence-corrected chi connectivity index (χ4v) is 2.14. The highest BCUT2D eigenvalue weighted by Crippen LogP contribution is 2.22. The molecule has 0 aliphatic carbocycles. The van der Waals surface area contributed by atoms with E-state index in [1.165, 1.54) is 11.1 Å². The van der Waals surface area contributed by atoms with E-state index in [-0.39, 0.29) is 5.91 Å². The maximum atomic E-state index is 11.7. The predicted molar refractivity (Wildman–Crippen MR) is 64.5 cm³/mol. The van der Waals surface area contributed by atoms with Crippen LogP contribution in [0.5, 0.6) is 0 Å². The van der Waals surface area contributed by atoms with Crippen molar-refractivity contribution in [3.63, 3.8) is 0 Å². The normalized spacial score (nSPS) is 14.4. The van der Waals surface area contributed by atoms with Crippen LogP contribution in [-0.2, 0) is 13.0 Å². The monoisotopic (exact) mass is 218 g/mol. The standard InChI is InChI=1S/C13H18N2O/c1-14-7-3-4-10-5-6-12-11(8-10)9-15(2)13(12)16/h5-6,8,14H,3-4,7,9H2,1-2H3. The fraction of sp³-hybridized carbons (Fsp3) is 0.462. The third-order valence-corrected chi connectivity index (χ3v) is 3.05. The van der Waals surface area contributed by atoms with Crippen molar-refractivity contribution in [1.82, 2.24) is 10.2 Å². The number of hydrogen-bond acceptors (Lipinski definition) is 2. The van der Waals surface area contributed by atoms with Crippen LogP contribution >= 0.6 is 0 Å². The molecule has 0 fully saturated rings. The number of nitrogens with one attached hydrogen (secondary N) is 1. The van der Waals surface area contributed by atoms with Crippen LogP contribution in [0.3, 0.4) is 0 Å².